The first-order valence-electron chi connectivity index (χ1n) is 5.85. The summed E-state index contributed by atoms with van der Waals surface area (Å²) in [7, 11) is 0. The molecule has 4 heteroatoms. The number of aromatic hydroxyl groups is 1. The van der Waals surface area contributed by atoms with Gasteiger partial charge < -0.3 is 10.0 Å². The van der Waals surface area contributed by atoms with Crippen molar-refractivity contribution in [2.75, 3.05) is 19.0 Å². The molecular weight excluding hydrogens is 238 g/mol. The van der Waals surface area contributed by atoms with Crippen molar-refractivity contribution >= 4 is 17.5 Å². The predicted octanol–water partition coefficient (Wildman–Crippen LogP) is 2.48. The first kappa shape index (κ1) is 12.2. The summed E-state index contributed by atoms with van der Waals surface area (Å²) in [6, 6.07) is 6.40. The van der Waals surface area contributed by atoms with Gasteiger partial charge in [0, 0.05) is 24.5 Å². The first-order valence-corrected chi connectivity index (χ1v) is 6.38. The van der Waals surface area contributed by atoms with Crippen LogP contribution >= 0.6 is 11.6 Å². The Balaban J connectivity index is 1.99. The Morgan fingerprint density at radius 1 is 1.29 bits per heavy atom. The molecule has 1 aromatic carbocycles. The molecule has 1 aromatic rings. The van der Waals surface area contributed by atoms with Gasteiger partial charge in [-0.15, -0.1) is 11.6 Å². The van der Waals surface area contributed by atoms with E-state index in [4.69, 9.17) is 11.6 Å². The van der Waals surface area contributed by atoms with Gasteiger partial charge in [-0.1, -0.05) is 0 Å². The molecule has 0 spiro atoms. The number of piperidine rings is 1. The molecule has 0 atom stereocenters. The second kappa shape index (κ2) is 5.41. The molecule has 1 aliphatic rings. The van der Waals surface area contributed by atoms with Crippen molar-refractivity contribution < 1.29 is 9.90 Å². The number of nitrogens with zero attached hydrogens (tertiary/aromatic N) is 1. The zero-order valence-corrected chi connectivity index (χ0v) is 10.4. The maximum absolute atomic E-state index is 12.1. The lowest BCUT2D eigenvalue weighted by molar-refractivity contribution is 0.0698. The molecule has 1 N–H and O–H groups in total. The van der Waals surface area contributed by atoms with Crippen molar-refractivity contribution in [1.82, 2.24) is 4.90 Å². The largest absolute Gasteiger partial charge is 0.508 e. The summed E-state index contributed by atoms with van der Waals surface area (Å²) < 4.78 is 0. The number of carbonyl (C=O) groups is 1. The SMILES string of the molecule is O=C(c1ccc(O)cc1)N1CCC(CCl)CC1. The van der Waals surface area contributed by atoms with Gasteiger partial charge in [-0.3, -0.25) is 4.79 Å². The molecule has 3 nitrogen and oxygen atoms in total. The van der Waals surface area contributed by atoms with E-state index in [1.54, 1.807) is 24.3 Å². The van der Waals surface area contributed by atoms with Crippen molar-refractivity contribution in [2.24, 2.45) is 5.92 Å². The fourth-order valence-electron chi connectivity index (χ4n) is 2.08. The van der Waals surface area contributed by atoms with Crippen LogP contribution in [-0.4, -0.2) is 34.9 Å². The third-order valence-corrected chi connectivity index (χ3v) is 3.67. The lowest BCUT2D eigenvalue weighted by atomic mass is 9.98. The van der Waals surface area contributed by atoms with E-state index in [0.717, 1.165) is 25.9 Å². The molecule has 1 heterocycles. The van der Waals surface area contributed by atoms with E-state index in [-0.39, 0.29) is 11.7 Å². The lowest BCUT2D eigenvalue weighted by Gasteiger charge is -2.31. The van der Waals surface area contributed by atoms with Crippen molar-refractivity contribution in [1.29, 1.82) is 0 Å². The third-order valence-electron chi connectivity index (χ3n) is 3.23. The molecule has 17 heavy (non-hydrogen) atoms. The summed E-state index contributed by atoms with van der Waals surface area (Å²) in [5, 5.41) is 9.18. The van der Waals surface area contributed by atoms with Crippen LogP contribution in [0.2, 0.25) is 0 Å². The average Bonchev–Trinajstić information content (AvgIpc) is 2.39. The Kier molecular flexibility index (Phi) is 3.89. The summed E-state index contributed by atoms with van der Waals surface area (Å²) in [6.07, 6.45) is 1.96. The van der Waals surface area contributed by atoms with E-state index in [1.165, 1.54) is 0 Å². The quantitative estimate of drug-likeness (QED) is 0.823. The van der Waals surface area contributed by atoms with Crippen LogP contribution in [0.4, 0.5) is 0 Å². The van der Waals surface area contributed by atoms with Gasteiger partial charge in [-0.05, 0) is 43.0 Å². The van der Waals surface area contributed by atoms with Crippen LogP contribution in [-0.2, 0) is 0 Å². The minimum absolute atomic E-state index is 0.0398. The topological polar surface area (TPSA) is 40.5 Å². The van der Waals surface area contributed by atoms with Gasteiger partial charge in [0.05, 0.1) is 0 Å². The second-order valence-electron chi connectivity index (χ2n) is 4.44. The van der Waals surface area contributed by atoms with Crippen molar-refractivity contribution in [3.05, 3.63) is 29.8 Å². The minimum atomic E-state index is 0.0398. The highest BCUT2D eigenvalue weighted by atomic mass is 35.5. The van der Waals surface area contributed by atoms with E-state index in [2.05, 4.69) is 0 Å². The molecule has 1 amide bonds. The highest BCUT2D eigenvalue weighted by Gasteiger charge is 2.22. The van der Waals surface area contributed by atoms with E-state index in [0.29, 0.717) is 17.4 Å². The van der Waals surface area contributed by atoms with Crippen LogP contribution in [0.25, 0.3) is 0 Å². The molecule has 0 radical (unpaired) electrons. The summed E-state index contributed by atoms with van der Waals surface area (Å²) in [6.45, 7) is 1.55. The molecule has 0 bridgehead atoms. The minimum Gasteiger partial charge on any atom is -0.508 e. The van der Waals surface area contributed by atoms with E-state index in [9.17, 15) is 9.90 Å². The van der Waals surface area contributed by atoms with Crippen molar-refractivity contribution in [2.45, 2.75) is 12.8 Å². The molecule has 2 rings (SSSR count). The number of alkyl halides is 1. The Bertz CT molecular complexity index is 383. The molecule has 0 unspecified atom stereocenters. The van der Waals surface area contributed by atoms with E-state index >= 15 is 0 Å². The number of benzene rings is 1. The van der Waals surface area contributed by atoms with Gasteiger partial charge in [0.25, 0.3) is 5.91 Å². The molecule has 1 aliphatic heterocycles. The maximum Gasteiger partial charge on any atom is 0.253 e. The fourth-order valence-corrected chi connectivity index (χ4v) is 2.39. The van der Waals surface area contributed by atoms with Crippen LogP contribution in [0.3, 0.4) is 0 Å². The zero-order valence-electron chi connectivity index (χ0n) is 9.60. The Hall–Kier alpha value is -1.22. The number of phenols is 1. The van der Waals surface area contributed by atoms with Crippen molar-refractivity contribution in [3.63, 3.8) is 0 Å². The third kappa shape index (κ3) is 2.91. The van der Waals surface area contributed by atoms with Gasteiger partial charge in [-0.2, -0.15) is 0 Å². The molecule has 0 aliphatic carbocycles. The van der Waals surface area contributed by atoms with Crippen LogP contribution in [0.5, 0.6) is 5.75 Å². The second-order valence-corrected chi connectivity index (χ2v) is 4.75. The summed E-state index contributed by atoms with van der Waals surface area (Å²) in [5.74, 6) is 1.45. The highest BCUT2D eigenvalue weighted by molar-refractivity contribution is 6.18. The molecular formula is C13H16ClNO2. The Labute approximate surface area is 106 Å². The Morgan fingerprint density at radius 3 is 2.41 bits per heavy atom. The predicted molar refractivity (Wildman–Crippen MR) is 67.5 cm³/mol. The van der Waals surface area contributed by atoms with Gasteiger partial charge in [-0.25, -0.2) is 0 Å². The summed E-state index contributed by atoms with van der Waals surface area (Å²) in [4.78, 5) is 14.0. The molecule has 1 fully saturated rings. The molecule has 0 saturated carbocycles. The van der Waals surface area contributed by atoms with E-state index < -0.39 is 0 Å². The lowest BCUT2D eigenvalue weighted by Crippen LogP contribution is -2.38. The van der Waals surface area contributed by atoms with Crippen LogP contribution in [0.1, 0.15) is 23.2 Å². The number of halogens is 1. The summed E-state index contributed by atoms with van der Waals surface area (Å²) >= 11 is 5.81. The smallest absolute Gasteiger partial charge is 0.253 e. The number of carbonyl (C=O) groups excluding carboxylic acids is 1. The maximum atomic E-state index is 12.1. The number of phenolic OH excluding ortho intramolecular Hbond substituents is 1. The molecule has 0 aromatic heterocycles. The monoisotopic (exact) mass is 253 g/mol. The van der Waals surface area contributed by atoms with Gasteiger partial charge >= 0.3 is 0 Å². The van der Waals surface area contributed by atoms with Crippen LogP contribution in [0, 0.1) is 5.92 Å². The van der Waals surface area contributed by atoms with Gasteiger partial charge in [0.15, 0.2) is 0 Å². The normalized spacial score (nSPS) is 17.1. The van der Waals surface area contributed by atoms with Crippen molar-refractivity contribution in [3.8, 4) is 5.75 Å². The Morgan fingerprint density at radius 2 is 1.88 bits per heavy atom. The van der Waals surface area contributed by atoms with E-state index in [1.807, 2.05) is 4.90 Å². The summed E-state index contributed by atoms with van der Waals surface area (Å²) in [5.41, 5.74) is 0.632. The van der Waals surface area contributed by atoms with Crippen LogP contribution in [0.15, 0.2) is 24.3 Å². The fraction of sp³-hybridized carbons (Fsp3) is 0.462. The molecule has 1 saturated heterocycles. The number of hydrogen-bond acceptors (Lipinski definition) is 2. The van der Waals surface area contributed by atoms with Crippen LogP contribution < -0.4 is 0 Å². The average molecular weight is 254 g/mol. The number of hydrogen-bond donors (Lipinski definition) is 1. The molecule has 92 valence electrons. The van der Waals surface area contributed by atoms with Gasteiger partial charge in [0.1, 0.15) is 5.75 Å². The number of amides is 1. The van der Waals surface area contributed by atoms with Gasteiger partial charge in [0.2, 0.25) is 0 Å². The standard InChI is InChI=1S/C13H16ClNO2/c14-9-10-5-7-15(8-6-10)13(17)11-1-3-12(16)4-2-11/h1-4,10,16H,5-9H2. The highest BCUT2D eigenvalue weighted by Crippen LogP contribution is 2.20. The zero-order chi connectivity index (χ0) is 12.3. The first-order chi connectivity index (χ1) is 8.20. The number of likely N-dealkylation sites (tertiary alicyclic amines) is 1. The number of rotatable bonds is 2.